The Labute approximate surface area is 114 Å². The van der Waals surface area contributed by atoms with Crippen molar-refractivity contribution in [2.75, 3.05) is 7.11 Å². The van der Waals surface area contributed by atoms with Crippen LogP contribution in [0.25, 0.3) is 0 Å². The Bertz CT molecular complexity index is 368. The van der Waals surface area contributed by atoms with Crippen LogP contribution in [-0.2, 0) is 16.6 Å². The van der Waals surface area contributed by atoms with E-state index in [1.807, 2.05) is 0 Å². The predicted molar refractivity (Wildman–Crippen MR) is 76.2 cm³/mol. The minimum atomic E-state index is -0.492. The molecule has 0 aromatic carbocycles. The van der Waals surface area contributed by atoms with Crippen molar-refractivity contribution in [3.8, 4) is 0 Å². The first kappa shape index (κ1) is 15.6. The zero-order valence-corrected chi connectivity index (χ0v) is 13.0. The third-order valence-corrected chi connectivity index (χ3v) is 3.88. The number of ether oxygens (including phenoxy) is 1. The molecule has 2 atom stereocenters. The van der Waals surface area contributed by atoms with E-state index in [9.17, 15) is 5.11 Å². The Balaban J connectivity index is 2.70. The highest BCUT2D eigenvalue weighted by Gasteiger charge is 2.24. The largest absolute Gasteiger partial charge is 0.390 e. The van der Waals surface area contributed by atoms with Crippen molar-refractivity contribution in [3.63, 3.8) is 0 Å². The quantitative estimate of drug-likeness (QED) is 0.895. The summed E-state index contributed by atoms with van der Waals surface area (Å²) < 4.78 is 5.35. The summed E-state index contributed by atoms with van der Waals surface area (Å²) in [6.45, 7) is 10.6. The van der Waals surface area contributed by atoms with Crippen LogP contribution >= 0.6 is 11.3 Å². The summed E-state index contributed by atoms with van der Waals surface area (Å²) in [6.07, 6.45) is -0.0572. The van der Waals surface area contributed by atoms with Gasteiger partial charge in [0.1, 0.15) is 0 Å². The number of rotatable bonds is 5. The van der Waals surface area contributed by atoms with Gasteiger partial charge in [0, 0.05) is 24.3 Å². The minimum absolute atomic E-state index is 0.0679. The van der Waals surface area contributed by atoms with E-state index in [0.29, 0.717) is 12.3 Å². The van der Waals surface area contributed by atoms with E-state index >= 15 is 0 Å². The van der Waals surface area contributed by atoms with Gasteiger partial charge in [-0.1, -0.05) is 34.6 Å². The number of hydrogen-bond donors (Lipinski definition) is 1. The van der Waals surface area contributed by atoms with Crippen LogP contribution in [0, 0.1) is 5.92 Å². The van der Waals surface area contributed by atoms with E-state index in [1.165, 1.54) is 0 Å². The number of nitrogens with zero attached hydrogens (tertiary/aromatic N) is 1. The second kappa shape index (κ2) is 6.13. The van der Waals surface area contributed by atoms with E-state index < -0.39 is 6.10 Å². The zero-order valence-electron chi connectivity index (χ0n) is 12.2. The molecule has 4 heteroatoms. The molecule has 1 heterocycles. The fourth-order valence-corrected chi connectivity index (χ4v) is 2.99. The number of thiazole rings is 1. The first-order valence-electron chi connectivity index (χ1n) is 6.41. The molecule has 1 N–H and O–H groups in total. The van der Waals surface area contributed by atoms with Crippen LogP contribution < -0.4 is 0 Å². The van der Waals surface area contributed by atoms with Crippen LogP contribution in [0.15, 0.2) is 5.38 Å². The number of aliphatic hydroxyl groups is 1. The molecule has 1 rings (SSSR count). The molecule has 0 amide bonds. The second-order valence-corrected chi connectivity index (χ2v) is 7.03. The number of aliphatic hydroxyl groups excluding tert-OH is 1. The Morgan fingerprint density at radius 1 is 1.39 bits per heavy atom. The topological polar surface area (TPSA) is 42.4 Å². The summed E-state index contributed by atoms with van der Waals surface area (Å²) in [4.78, 5) is 4.60. The van der Waals surface area contributed by atoms with Crippen LogP contribution in [0.5, 0.6) is 0 Å². The molecule has 0 saturated heterocycles. The lowest BCUT2D eigenvalue weighted by Crippen LogP contribution is -2.34. The second-order valence-electron chi connectivity index (χ2n) is 6.09. The molecule has 18 heavy (non-hydrogen) atoms. The molecule has 0 fully saturated rings. The maximum atomic E-state index is 10.2. The first-order chi connectivity index (χ1) is 8.25. The predicted octanol–water partition coefficient (Wildman–Crippen LogP) is 3.02. The SMILES string of the molecule is COC(C(C)C)C(O)Cc1nc(C(C)(C)C)cs1. The molecular weight excluding hydrogens is 246 g/mol. The monoisotopic (exact) mass is 271 g/mol. The molecule has 0 bridgehead atoms. The van der Waals surface area contributed by atoms with Crippen LogP contribution in [0.3, 0.4) is 0 Å². The minimum Gasteiger partial charge on any atom is -0.390 e. The molecule has 0 aliphatic carbocycles. The lowest BCUT2D eigenvalue weighted by molar-refractivity contribution is -0.0368. The van der Waals surface area contributed by atoms with Gasteiger partial charge in [-0.05, 0) is 5.92 Å². The summed E-state index contributed by atoms with van der Waals surface area (Å²) in [6, 6.07) is 0. The molecular formula is C14H25NO2S. The van der Waals surface area contributed by atoms with E-state index in [-0.39, 0.29) is 11.5 Å². The molecule has 0 spiro atoms. The highest BCUT2D eigenvalue weighted by Crippen LogP contribution is 2.25. The summed E-state index contributed by atoms with van der Waals surface area (Å²) >= 11 is 1.62. The fourth-order valence-electron chi connectivity index (χ4n) is 1.92. The Hall–Kier alpha value is -0.450. The maximum absolute atomic E-state index is 10.2. The molecule has 104 valence electrons. The lowest BCUT2D eigenvalue weighted by atomic mass is 9.93. The van der Waals surface area contributed by atoms with Crippen molar-refractivity contribution in [3.05, 3.63) is 16.1 Å². The Kier molecular flexibility index (Phi) is 5.32. The Morgan fingerprint density at radius 3 is 2.39 bits per heavy atom. The lowest BCUT2D eigenvalue weighted by Gasteiger charge is -2.24. The highest BCUT2D eigenvalue weighted by molar-refractivity contribution is 7.09. The van der Waals surface area contributed by atoms with Gasteiger partial charge in [0.15, 0.2) is 0 Å². The average Bonchev–Trinajstić information content (AvgIpc) is 2.65. The third-order valence-electron chi connectivity index (χ3n) is 3.01. The molecule has 2 unspecified atom stereocenters. The average molecular weight is 271 g/mol. The van der Waals surface area contributed by atoms with Crippen LogP contribution in [-0.4, -0.2) is 29.4 Å². The van der Waals surface area contributed by atoms with E-state index in [1.54, 1.807) is 18.4 Å². The molecule has 0 saturated carbocycles. The normalized spacial score (nSPS) is 16.0. The van der Waals surface area contributed by atoms with Gasteiger partial charge in [0.25, 0.3) is 0 Å². The van der Waals surface area contributed by atoms with Crippen LogP contribution in [0.2, 0.25) is 0 Å². The molecule has 0 radical (unpaired) electrons. The zero-order chi connectivity index (χ0) is 13.9. The molecule has 0 aliphatic rings. The van der Waals surface area contributed by atoms with Gasteiger partial charge >= 0.3 is 0 Å². The van der Waals surface area contributed by atoms with Crippen LogP contribution in [0.1, 0.15) is 45.3 Å². The van der Waals surface area contributed by atoms with Gasteiger partial charge in [0.2, 0.25) is 0 Å². The molecule has 0 aliphatic heterocycles. The fraction of sp³-hybridized carbons (Fsp3) is 0.786. The van der Waals surface area contributed by atoms with Gasteiger partial charge in [-0.3, -0.25) is 0 Å². The van der Waals surface area contributed by atoms with Crippen molar-refractivity contribution < 1.29 is 9.84 Å². The summed E-state index contributed by atoms with van der Waals surface area (Å²) in [5, 5.41) is 13.3. The van der Waals surface area contributed by atoms with Crippen molar-refractivity contribution in [1.82, 2.24) is 4.98 Å². The van der Waals surface area contributed by atoms with Gasteiger partial charge in [-0.2, -0.15) is 0 Å². The van der Waals surface area contributed by atoms with Crippen molar-refractivity contribution in [2.24, 2.45) is 5.92 Å². The van der Waals surface area contributed by atoms with E-state index in [0.717, 1.165) is 10.7 Å². The third kappa shape index (κ3) is 4.04. The van der Waals surface area contributed by atoms with Gasteiger partial charge in [-0.25, -0.2) is 4.98 Å². The maximum Gasteiger partial charge on any atom is 0.0955 e. The van der Waals surface area contributed by atoms with Gasteiger partial charge in [-0.15, -0.1) is 11.3 Å². The van der Waals surface area contributed by atoms with Gasteiger partial charge < -0.3 is 9.84 Å². The number of hydrogen-bond acceptors (Lipinski definition) is 4. The molecule has 1 aromatic heterocycles. The number of aromatic nitrogens is 1. The van der Waals surface area contributed by atoms with Crippen molar-refractivity contribution >= 4 is 11.3 Å². The van der Waals surface area contributed by atoms with Gasteiger partial charge in [0.05, 0.1) is 22.9 Å². The smallest absolute Gasteiger partial charge is 0.0955 e. The summed E-state index contributed by atoms with van der Waals surface area (Å²) in [7, 11) is 1.65. The summed E-state index contributed by atoms with van der Waals surface area (Å²) in [5.74, 6) is 0.298. The standard InChI is InChI=1S/C14H25NO2S/c1-9(2)13(17-6)10(16)7-12-15-11(8-18-12)14(3,4)5/h8-10,13,16H,7H2,1-6H3. The summed E-state index contributed by atoms with van der Waals surface area (Å²) in [5.41, 5.74) is 1.16. The highest BCUT2D eigenvalue weighted by atomic mass is 32.1. The van der Waals surface area contributed by atoms with Crippen LogP contribution in [0.4, 0.5) is 0 Å². The van der Waals surface area contributed by atoms with E-state index in [2.05, 4.69) is 45.0 Å². The molecule has 3 nitrogen and oxygen atoms in total. The molecule has 1 aromatic rings. The Morgan fingerprint density at radius 2 is 2.00 bits per heavy atom. The van der Waals surface area contributed by atoms with Crippen molar-refractivity contribution in [1.29, 1.82) is 0 Å². The van der Waals surface area contributed by atoms with E-state index in [4.69, 9.17) is 4.74 Å². The first-order valence-corrected chi connectivity index (χ1v) is 7.29. The number of methoxy groups -OCH3 is 1. The van der Waals surface area contributed by atoms with Crippen molar-refractivity contribution in [2.45, 2.75) is 58.7 Å².